The molecule has 28 heavy (non-hydrogen) atoms. The van der Waals surface area contributed by atoms with Gasteiger partial charge < -0.3 is 14.6 Å². The Bertz CT molecular complexity index is 1090. The summed E-state index contributed by atoms with van der Waals surface area (Å²) in [6, 6.07) is 12.5. The van der Waals surface area contributed by atoms with Crippen molar-refractivity contribution in [2.24, 2.45) is 5.92 Å². The SMILES string of the molecule is O=C(Nc1ccc2oc(C3CC3)nc2c1)C1CC(=O)N(c2cccc(Cl)c2)C1. The van der Waals surface area contributed by atoms with Crippen molar-refractivity contribution in [1.82, 2.24) is 4.98 Å². The number of nitrogens with zero attached hydrogens (tertiary/aromatic N) is 2. The number of hydrogen-bond donors (Lipinski definition) is 1. The van der Waals surface area contributed by atoms with Crippen LogP contribution in [-0.4, -0.2) is 23.3 Å². The fourth-order valence-corrected chi connectivity index (χ4v) is 3.73. The summed E-state index contributed by atoms with van der Waals surface area (Å²) in [5, 5.41) is 3.47. The molecule has 1 aliphatic carbocycles. The van der Waals surface area contributed by atoms with Crippen molar-refractivity contribution in [2.45, 2.75) is 25.2 Å². The second-order valence-corrected chi connectivity index (χ2v) is 7.82. The quantitative estimate of drug-likeness (QED) is 0.712. The first-order valence-corrected chi connectivity index (χ1v) is 9.72. The smallest absolute Gasteiger partial charge is 0.229 e. The summed E-state index contributed by atoms with van der Waals surface area (Å²) < 4.78 is 5.75. The molecule has 5 rings (SSSR count). The minimum Gasteiger partial charge on any atom is -0.440 e. The van der Waals surface area contributed by atoms with Crippen LogP contribution in [0.3, 0.4) is 0 Å². The van der Waals surface area contributed by atoms with Crippen molar-refractivity contribution in [1.29, 1.82) is 0 Å². The summed E-state index contributed by atoms with van der Waals surface area (Å²) in [4.78, 5) is 31.2. The van der Waals surface area contributed by atoms with Crippen molar-refractivity contribution < 1.29 is 14.0 Å². The Labute approximate surface area is 166 Å². The van der Waals surface area contributed by atoms with Crippen LogP contribution in [0.25, 0.3) is 11.1 Å². The van der Waals surface area contributed by atoms with E-state index in [4.69, 9.17) is 16.0 Å². The van der Waals surface area contributed by atoms with Crippen LogP contribution in [0.1, 0.15) is 31.1 Å². The predicted molar refractivity (Wildman–Crippen MR) is 107 cm³/mol. The third-order valence-corrected chi connectivity index (χ3v) is 5.45. The lowest BCUT2D eigenvalue weighted by Gasteiger charge is -2.17. The maximum absolute atomic E-state index is 12.7. The first kappa shape index (κ1) is 17.3. The average Bonchev–Trinajstić information content (AvgIpc) is 3.32. The molecule has 0 radical (unpaired) electrons. The van der Waals surface area contributed by atoms with E-state index in [-0.39, 0.29) is 18.2 Å². The number of halogens is 1. The monoisotopic (exact) mass is 395 g/mol. The van der Waals surface area contributed by atoms with Gasteiger partial charge in [0, 0.05) is 35.3 Å². The number of carbonyl (C=O) groups is 2. The molecule has 7 heteroatoms. The molecule has 3 aromatic rings. The molecule has 0 bridgehead atoms. The summed E-state index contributed by atoms with van der Waals surface area (Å²) in [6.45, 7) is 0.336. The molecule has 0 spiro atoms. The number of hydrogen-bond acceptors (Lipinski definition) is 4. The molecule has 1 saturated carbocycles. The lowest BCUT2D eigenvalue weighted by atomic mass is 10.1. The second-order valence-electron chi connectivity index (χ2n) is 7.38. The van der Waals surface area contributed by atoms with Gasteiger partial charge in [-0.15, -0.1) is 0 Å². The highest BCUT2D eigenvalue weighted by molar-refractivity contribution is 6.31. The van der Waals surface area contributed by atoms with E-state index in [1.807, 2.05) is 18.2 Å². The van der Waals surface area contributed by atoms with Crippen LogP contribution in [0.4, 0.5) is 11.4 Å². The van der Waals surface area contributed by atoms with Gasteiger partial charge in [-0.05, 0) is 49.2 Å². The number of anilines is 2. The number of amides is 2. The lowest BCUT2D eigenvalue weighted by Crippen LogP contribution is -2.28. The molecule has 2 amide bonds. The normalized spacial score (nSPS) is 19.4. The van der Waals surface area contributed by atoms with E-state index >= 15 is 0 Å². The van der Waals surface area contributed by atoms with Crippen molar-refractivity contribution in [3.63, 3.8) is 0 Å². The summed E-state index contributed by atoms with van der Waals surface area (Å²) in [5.41, 5.74) is 2.83. The van der Waals surface area contributed by atoms with Gasteiger partial charge in [0.25, 0.3) is 0 Å². The highest BCUT2D eigenvalue weighted by Crippen LogP contribution is 2.40. The molecule has 2 aromatic carbocycles. The summed E-state index contributed by atoms with van der Waals surface area (Å²) in [5.74, 6) is 0.539. The topological polar surface area (TPSA) is 75.4 Å². The van der Waals surface area contributed by atoms with E-state index < -0.39 is 5.92 Å². The Morgan fingerprint density at radius 3 is 2.86 bits per heavy atom. The van der Waals surface area contributed by atoms with Gasteiger partial charge in [0.2, 0.25) is 11.8 Å². The van der Waals surface area contributed by atoms with Gasteiger partial charge in [-0.25, -0.2) is 4.98 Å². The fraction of sp³-hybridized carbons (Fsp3) is 0.286. The molecular formula is C21H18ClN3O3. The van der Waals surface area contributed by atoms with E-state index in [9.17, 15) is 9.59 Å². The van der Waals surface area contributed by atoms with Crippen LogP contribution in [-0.2, 0) is 9.59 Å². The average molecular weight is 396 g/mol. The van der Waals surface area contributed by atoms with Crippen LogP contribution >= 0.6 is 11.6 Å². The molecule has 2 heterocycles. The van der Waals surface area contributed by atoms with Crippen LogP contribution < -0.4 is 10.2 Å². The highest BCUT2D eigenvalue weighted by atomic mass is 35.5. The van der Waals surface area contributed by atoms with Gasteiger partial charge in [-0.2, -0.15) is 0 Å². The second kappa shape index (κ2) is 6.63. The van der Waals surface area contributed by atoms with Gasteiger partial charge >= 0.3 is 0 Å². The van der Waals surface area contributed by atoms with Crippen LogP contribution in [0.5, 0.6) is 0 Å². The minimum absolute atomic E-state index is 0.0801. The number of carbonyl (C=O) groups excluding carboxylic acids is 2. The zero-order valence-electron chi connectivity index (χ0n) is 15.0. The van der Waals surface area contributed by atoms with Crippen LogP contribution in [0, 0.1) is 5.92 Å². The van der Waals surface area contributed by atoms with Gasteiger partial charge in [0.05, 0.1) is 5.92 Å². The van der Waals surface area contributed by atoms with E-state index in [0.29, 0.717) is 28.9 Å². The Kier molecular flexibility index (Phi) is 4.09. The van der Waals surface area contributed by atoms with Crippen molar-refractivity contribution in [2.75, 3.05) is 16.8 Å². The Hall–Kier alpha value is -2.86. The van der Waals surface area contributed by atoms with Crippen molar-refractivity contribution in [3.8, 4) is 0 Å². The van der Waals surface area contributed by atoms with Crippen LogP contribution in [0.2, 0.25) is 5.02 Å². The largest absolute Gasteiger partial charge is 0.440 e. The minimum atomic E-state index is -0.415. The summed E-state index contributed by atoms with van der Waals surface area (Å²) >= 11 is 6.02. The fourth-order valence-electron chi connectivity index (χ4n) is 3.55. The standard InChI is InChI=1S/C21H18ClN3O3/c22-14-2-1-3-16(9-14)25-11-13(8-19(25)26)20(27)23-15-6-7-18-17(10-15)24-21(28-18)12-4-5-12/h1-3,6-7,9-10,12-13H,4-5,8,11H2,(H,23,27). The Morgan fingerprint density at radius 1 is 1.21 bits per heavy atom. The zero-order valence-corrected chi connectivity index (χ0v) is 15.8. The first-order chi connectivity index (χ1) is 13.6. The van der Waals surface area contributed by atoms with Gasteiger partial charge in [0.1, 0.15) is 5.52 Å². The molecule has 142 valence electrons. The predicted octanol–water partition coefficient (Wildman–Crippen LogP) is 4.35. The van der Waals surface area contributed by atoms with Crippen molar-refractivity contribution in [3.05, 3.63) is 53.4 Å². The summed E-state index contributed by atoms with van der Waals surface area (Å²) in [6.07, 6.45) is 2.42. The molecule has 6 nitrogen and oxygen atoms in total. The van der Waals surface area contributed by atoms with E-state index in [0.717, 1.165) is 29.8 Å². The van der Waals surface area contributed by atoms with Crippen molar-refractivity contribution >= 4 is 45.9 Å². The third-order valence-electron chi connectivity index (χ3n) is 5.21. The molecule has 1 aromatic heterocycles. The third kappa shape index (κ3) is 3.24. The lowest BCUT2D eigenvalue weighted by molar-refractivity contribution is -0.122. The van der Waals surface area contributed by atoms with E-state index in [2.05, 4.69) is 10.3 Å². The molecule has 1 aliphatic heterocycles. The molecule has 1 N–H and O–H groups in total. The van der Waals surface area contributed by atoms with Gasteiger partial charge in [-0.1, -0.05) is 17.7 Å². The molecular weight excluding hydrogens is 378 g/mol. The maximum atomic E-state index is 12.7. The van der Waals surface area contributed by atoms with Gasteiger partial charge in [0.15, 0.2) is 11.5 Å². The molecule has 1 unspecified atom stereocenters. The highest BCUT2D eigenvalue weighted by Gasteiger charge is 2.35. The number of aromatic nitrogens is 1. The molecule has 2 aliphatic rings. The maximum Gasteiger partial charge on any atom is 0.229 e. The van der Waals surface area contributed by atoms with Crippen LogP contribution in [0.15, 0.2) is 46.9 Å². The number of oxazole rings is 1. The number of benzene rings is 2. The zero-order chi connectivity index (χ0) is 19.3. The Morgan fingerprint density at radius 2 is 2.07 bits per heavy atom. The number of rotatable bonds is 4. The Balaban J connectivity index is 1.30. The van der Waals surface area contributed by atoms with Gasteiger partial charge in [-0.3, -0.25) is 9.59 Å². The first-order valence-electron chi connectivity index (χ1n) is 9.34. The van der Waals surface area contributed by atoms with E-state index in [1.54, 1.807) is 29.2 Å². The molecule has 1 atom stereocenters. The summed E-state index contributed by atoms with van der Waals surface area (Å²) in [7, 11) is 0. The molecule has 2 fully saturated rings. The molecule has 1 saturated heterocycles. The number of nitrogens with one attached hydrogen (secondary N) is 1. The number of fused-ring (bicyclic) bond motifs is 1. The van der Waals surface area contributed by atoms with E-state index in [1.165, 1.54) is 0 Å².